The van der Waals surface area contributed by atoms with E-state index in [4.69, 9.17) is 9.47 Å². The van der Waals surface area contributed by atoms with Crippen molar-refractivity contribution >= 4 is 5.78 Å². The summed E-state index contributed by atoms with van der Waals surface area (Å²) in [6, 6.07) is 33.6. The molecule has 0 spiro atoms. The number of rotatable bonds is 11. The van der Waals surface area contributed by atoms with E-state index in [0.29, 0.717) is 13.0 Å². The van der Waals surface area contributed by atoms with Gasteiger partial charge in [0.05, 0.1) is 18.1 Å². The lowest BCUT2D eigenvalue weighted by atomic mass is 9.47. The maximum absolute atomic E-state index is 16.8. The summed E-state index contributed by atoms with van der Waals surface area (Å²) in [5.41, 5.74) is 0.0344. The van der Waals surface area contributed by atoms with Crippen molar-refractivity contribution in [3.8, 4) is 11.3 Å². The van der Waals surface area contributed by atoms with Gasteiger partial charge in [-0.05, 0) is 91.9 Å². The fourth-order valence-corrected chi connectivity index (χ4v) is 10.8. The minimum Gasteiger partial charge on any atom is -0.381 e. The smallest absolute Gasteiger partial charge is 0.335 e. The monoisotopic (exact) mass is 746 g/mol. The first-order valence-corrected chi connectivity index (χ1v) is 19.6. The van der Waals surface area contributed by atoms with Crippen LogP contribution >= 0.6 is 0 Å². The number of aliphatic hydroxyl groups is 1. The maximum atomic E-state index is 16.8. The van der Waals surface area contributed by atoms with Crippen LogP contribution in [0.2, 0.25) is 0 Å². The van der Waals surface area contributed by atoms with Crippen molar-refractivity contribution in [1.82, 2.24) is 9.55 Å². The Morgan fingerprint density at radius 3 is 2.00 bits per heavy atom. The molecule has 4 unspecified atom stereocenters. The second-order valence-corrected chi connectivity index (χ2v) is 16.2. The van der Waals surface area contributed by atoms with Gasteiger partial charge in [0, 0.05) is 29.3 Å². The van der Waals surface area contributed by atoms with Crippen molar-refractivity contribution in [3.63, 3.8) is 0 Å². The number of halogens is 3. The Morgan fingerprint density at radius 2 is 1.44 bits per heavy atom. The van der Waals surface area contributed by atoms with Crippen LogP contribution in [0.4, 0.5) is 13.2 Å². The zero-order chi connectivity index (χ0) is 37.8. The number of hydrogen-bond donors (Lipinski definition) is 1. The Morgan fingerprint density at radius 1 is 0.836 bits per heavy atom. The average Bonchev–Trinajstić information content (AvgIpc) is 3.71. The number of aromatic nitrogens is 2. The number of ketones is 1. The van der Waals surface area contributed by atoms with Crippen molar-refractivity contribution in [3.05, 3.63) is 150 Å². The highest BCUT2D eigenvalue weighted by Gasteiger charge is 2.65. The number of hydrogen-bond acceptors (Lipinski definition) is 5. The summed E-state index contributed by atoms with van der Waals surface area (Å²) in [6.45, 7) is 0.647. The molecule has 9 heteroatoms. The highest BCUT2D eigenvalue weighted by atomic mass is 19.3. The molecule has 0 amide bonds. The fraction of sp³-hybridized carbons (Fsp3) is 0.391. The summed E-state index contributed by atoms with van der Waals surface area (Å²) in [5, 5.41) is 11.6. The van der Waals surface area contributed by atoms with Crippen molar-refractivity contribution in [2.24, 2.45) is 23.2 Å². The van der Waals surface area contributed by atoms with Gasteiger partial charge in [0.1, 0.15) is 11.4 Å². The predicted molar refractivity (Wildman–Crippen MR) is 202 cm³/mol. The van der Waals surface area contributed by atoms with Crippen molar-refractivity contribution < 1.29 is 32.5 Å². The Hall–Kier alpha value is -4.57. The van der Waals surface area contributed by atoms with Crippen molar-refractivity contribution in [2.75, 3.05) is 6.61 Å². The number of alkyl halides is 2. The molecule has 1 saturated heterocycles. The average molecular weight is 747 g/mol. The van der Waals surface area contributed by atoms with E-state index in [1.54, 1.807) is 12.5 Å². The Labute approximate surface area is 319 Å². The van der Waals surface area contributed by atoms with Crippen LogP contribution < -0.4 is 0 Å². The van der Waals surface area contributed by atoms with Gasteiger partial charge in [0.2, 0.25) is 5.78 Å². The van der Waals surface area contributed by atoms with E-state index in [-0.39, 0.29) is 54.2 Å². The second kappa shape index (κ2) is 14.2. The molecule has 4 aromatic carbocycles. The van der Waals surface area contributed by atoms with Crippen LogP contribution in [0, 0.1) is 29.0 Å². The molecule has 4 saturated carbocycles. The number of aliphatic hydroxyl groups excluding tert-OH is 1. The van der Waals surface area contributed by atoms with Gasteiger partial charge in [0.25, 0.3) is 0 Å². The molecule has 284 valence electrons. The van der Waals surface area contributed by atoms with E-state index in [9.17, 15) is 9.90 Å². The zero-order valence-electron chi connectivity index (χ0n) is 30.6. The van der Waals surface area contributed by atoms with E-state index in [2.05, 4.69) is 4.98 Å². The summed E-state index contributed by atoms with van der Waals surface area (Å²) < 4.78 is 63.7. The van der Waals surface area contributed by atoms with E-state index >= 15 is 13.2 Å². The molecule has 1 aliphatic heterocycles. The van der Waals surface area contributed by atoms with Gasteiger partial charge in [-0.1, -0.05) is 103 Å². The van der Waals surface area contributed by atoms with Crippen LogP contribution in [-0.4, -0.2) is 45.4 Å². The van der Waals surface area contributed by atoms with Gasteiger partial charge in [-0.2, -0.15) is 8.78 Å². The normalized spacial score (nSPS) is 26.9. The molecule has 10 rings (SSSR count). The molecule has 2 heterocycles. The van der Waals surface area contributed by atoms with E-state index in [1.807, 2.05) is 95.6 Å². The Balaban J connectivity index is 1.07. The summed E-state index contributed by atoms with van der Waals surface area (Å²) in [5.74, 6) is -6.53. The molecule has 6 nitrogen and oxygen atoms in total. The largest absolute Gasteiger partial charge is 0.381 e. The summed E-state index contributed by atoms with van der Waals surface area (Å²) >= 11 is 0. The molecule has 5 aromatic rings. The fourth-order valence-electron chi connectivity index (χ4n) is 10.8. The van der Waals surface area contributed by atoms with Crippen LogP contribution in [0.5, 0.6) is 0 Å². The minimum atomic E-state index is -4.25. The van der Waals surface area contributed by atoms with Crippen molar-refractivity contribution in [1.29, 1.82) is 0 Å². The maximum Gasteiger partial charge on any atom is 0.335 e. The topological polar surface area (TPSA) is 73.6 Å². The number of carbonyl (C=O) groups excluding carboxylic acids is 1. The Bertz CT molecular complexity index is 2020. The third kappa shape index (κ3) is 6.06. The van der Waals surface area contributed by atoms with Gasteiger partial charge in [-0.25, -0.2) is 9.37 Å². The standard InChI is InChI=1S/C46H45F3N2O4/c47-37-20-12-19-36(38-28-51(29-50-38)45(33-13-4-1-5-14-33,34-15-6-2-7-16-34)35-17-8-3-9-18-35)40(37)42(52)46(48,49)43(53)44-25-30-23-31(26-44)41(32(24-30)27-44)55-39-21-10-11-22-54-39/h1-9,12-20,28-32,39,41-42,52H,10-11,21-27H2. The van der Waals surface area contributed by atoms with Gasteiger partial charge in [0.15, 0.2) is 12.4 Å². The number of carbonyl (C=O) groups is 1. The molecule has 5 aliphatic rings. The first-order valence-electron chi connectivity index (χ1n) is 19.6. The quantitative estimate of drug-likeness (QED) is 0.136. The molecule has 4 aliphatic carbocycles. The van der Waals surface area contributed by atoms with E-state index in [0.717, 1.165) is 54.9 Å². The van der Waals surface area contributed by atoms with Crippen LogP contribution in [0.25, 0.3) is 11.3 Å². The summed E-state index contributed by atoms with van der Waals surface area (Å²) in [4.78, 5) is 19.0. The lowest BCUT2D eigenvalue weighted by molar-refractivity contribution is -0.249. The van der Waals surface area contributed by atoms with Crippen LogP contribution in [0.1, 0.15) is 79.7 Å². The first kappa shape index (κ1) is 36.1. The first-order chi connectivity index (χ1) is 26.7. The number of Topliss-reactive ketones (excluding diaryl/α,β-unsaturated/α-hetero) is 1. The lowest BCUT2D eigenvalue weighted by Gasteiger charge is -2.59. The number of nitrogens with zero attached hydrogens (tertiary/aromatic N) is 2. The lowest BCUT2D eigenvalue weighted by Crippen LogP contribution is -2.60. The molecule has 1 N–H and O–H groups in total. The van der Waals surface area contributed by atoms with Crippen LogP contribution in [-0.2, 0) is 19.8 Å². The SMILES string of the molecule is O=C(C12CC3CC(C1)C(OC1CCCCO1)C(C3)C2)C(F)(F)C(O)c1c(F)cccc1-c1cn(C(c2ccccc2)(c2ccccc2)c2ccccc2)cn1. The summed E-state index contributed by atoms with van der Waals surface area (Å²) in [6.07, 6.45) is 5.53. The highest BCUT2D eigenvalue weighted by molar-refractivity contribution is 5.92. The predicted octanol–water partition coefficient (Wildman–Crippen LogP) is 9.51. The van der Waals surface area contributed by atoms with Crippen molar-refractivity contribution in [2.45, 2.75) is 81.3 Å². The molecule has 55 heavy (non-hydrogen) atoms. The van der Waals surface area contributed by atoms with Crippen LogP contribution in [0.15, 0.2) is 122 Å². The molecular weight excluding hydrogens is 702 g/mol. The molecule has 4 bridgehead atoms. The van der Waals surface area contributed by atoms with E-state index < -0.39 is 40.1 Å². The molecule has 5 fully saturated rings. The summed E-state index contributed by atoms with van der Waals surface area (Å²) in [7, 11) is 0. The number of ether oxygens (including phenoxy) is 2. The zero-order valence-corrected chi connectivity index (χ0v) is 30.6. The van der Waals surface area contributed by atoms with Crippen LogP contribution in [0.3, 0.4) is 0 Å². The molecular formula is C46H45F3N2O4. The third-order valence-electron chi connectivity index (χ3n) is 12.9. The third-order valence-corrected chi connectivity index (χ3v) is 12.9. The van der Waals surface area contributed by atoms with Gasteiger partial charge >= 0.3 is 5.92 Å². The van der Waals surface area contributed by atoms with Gasteiger partial charge in [-0.15, -0.1) is 0 Å². The number of imidazole rings is 1. The number of benzene rings is 4. The molecule has 0 radical (unpaired) electrons. The highest BCUT2D eigenvalue weighted by Crippen LogP contribution is 2.63. The molecule has 4 atom stereocenters. The van der Waals surface area contributed by atoms with E-state index in [1.165, 1.54) is 12.1 Å². The second-order valence-electron chi connectivity index (χ2n) is 16.2. The Kier molecular flexibility index (Phi) is 9.30. The van der Waals surface area contributed by atoms with Gasteiger partial charge in [-0.3, -0.25) is 4.79 Å². The van der Waals surface area contributed by atoms with Gasteiger partial charge < -0.3 is 19.1 Å². The molecule has 1 aromatic heterocycles. The minimum absolute atomic E-state index is 0.00623.